The summed E-state index contributed by atoms with van der Waals surface area (Å²) in [6.45, 7) is 7.64. The molecule has 0 aromatic rings. The fraction of sp³-hybridized carbons (Fsp3) is 0.933. The number of esters is 1. The molecule has 1 unspecified atom stereocenters. The van der Waals surface area contributed by atoms with E-state index in [-0.39, 0.29) is 5.97 Å². The van der Waals surface area contributed by atoms with Crippen LogP contribution in [0.4, 0.5) is 0 Å². The molecule has 0 heterocycles. The molecule has 1 N–H and O–H groups in total. The second-order valence-corrected chi connectivity index (χ2v) is 5.50. The van der Waals surface area contributed by atoms with Crippen LogP contribution < -0.4 is 5.32 Å². The third-order valence-electron chi connectivity index (χ3n) is 3.51. The number of rotatable bonds is 12. The summed E-state index contributed by atoms with van der Waals surface area (Å²) in [5, 5.41) is 3.31. The third-order valence-corrected chi connectivity index (χ3v) is 3.51. The van der Waals surface area contributed by atoms with E-state index in [1.165, 1.54) is 7.11 Å². The predicted octanol–water partition coefficient (Wildman–Crippen LogP) is 1.67. The number of methoxy groups -OCH3 is 2. The Morgan fingerprint density at radius 1 is 1.25 bits per heavy atom. The summed E-state index contributed by atoms with van der Waals surface area (Å²) in [5.41, 5.74) is -0.571. The largest absolute Gasteiger partial charge is 0.468 e. The number of nitrogens with one attached hydrogen (secondary N) is 1. The summed E-state index contributed by atoms with van der Waals surface area (Å²) in [5.74, 6) is -0.173. The van der Waals surface area contributed by atoms with E-state index in [4.69, 9.17) is 9.47 Å². The van der Waals surface area contributed by atoms with Gasteiger partial charge in [0.1, 0.15) is 5.54 Å². The Bertz CT molecular complexity index is 262. The molecule has 5 heteroatoms. The van der Waals surface area contributed by atoms with Gasteiger partial charge in [0, 0.05) is 20.3 Å². The first-order valence-electron chi connectivity index (χ1n) is 7.51. The SMILES string of the molecule is CCCNC(C)(CCCN(C)CCCOC)C(=O)OC. The van der Waals surface area contributed by atoms with Crippen LogP contribution >= 0.6 is 0 Å². The second-order valence-electron chi connectivity index (χ2n) is 5.50. The summed E-state index contributed by atoms with van der Waals surface area (Å²) in [7, 11) is 5.27. The molecule has 0 saturated carbocycles. The monoisotopic (exact) mass is 288 g/mol. The van der Waals surface area contributed by atoms with Gasteiger partial charge in [0.25, 0.3) is 0 Å². The van der Waals surface area contributed by atoms with E-state index in [1.54, 1.807) is 7.11 Å². The predicted molar refractivity (Wildman–Crippen MR) is 81.9 cm³/mol. The number of hydrogen-bond acceptors (Lipinski definition) is 5. The van der Waals surface area contributed by atoms with E-state index in [9.17, 15) is 4.79 Å². The number of ether oxygens (including phenoxy) is 2. The molecule has 20 heavy (non-hydrogen) atoms. The lowest BCUT2D eigenvalue weighted by Crippen LogP contribution is -2.50. The van der Waals surface area contributed by atoms with E-state index in [1.807, 2.05) is 6.92 Å². The summed E-state index contributed by atoms with van der Waals surface area (Å²) in [6.07, 6.45) is 3.79. The lowest BCUT2D eigenvalue weighted by atomic mass is 9.95. The molecule has 0 rings (SSSR count). The third kappa shape index (κ3) is 7.82. The van der Waals surface area contributed by atoms with Crippen molar-refractivity contribution in [1.82, 2.24) is 10.2 Å². The second kappa shape index (κ2) is 11.1. The zero-order valence-electron chi connectivity index (χ0n) is 13.8. The molecule has 0 aromatic carbocycles. The van der Waals surface area contributed by atoms with Crippen LogP contribution in [0.15, 0.2) is 0 Å². The van der Waals surface area contributed by atoms with Crippen molar-refractivity contribution < 1.29 is 14.3 Å². The van der Waals surface area contributed by atoms with Gasteiger partial charge in [0.05, 0.1) is 7.11 Å². The molecule has 0 aliphatic rings. The Balaban J connectivity index is 4.09. The number of carbonyl (C=O) groups is 1. The fourth-order valence-corrected chi connectivity index (χ4v) is 2.18. The normalized spacial score (nSPS) is 14.3. The first kappa shape index (κ1) is 19.4. The van der Waals surface area contributed by atoms with E-state index < -0.39 is 5.54 Å². The van der Waals surface area contributed by atoms with Gasteiger partial charge < -0.3 is 19.7 Å². The summed E-state index contributed by atoms with van der Waals surface area (Å²) >= 11 is 0. The molecule has 0 aliphatic carbocycles. The minimum Gasteiger partial charge on any atom is -0.468 e. The van der Waals surface area contributed by atoms with Gasteiger partial charge in [-0.05, 0) is 52.7 Å². The average Bonchev–Trinajstić information content (AvgIpc) is 2.44. The number of carbonyl (C=O) groups excluding carboxylic acids is 1. The lowest BCUT2D eigenvalue weighted by molar-refractivity contribution is -0.148. The summed E-state index contributed by atoms with van der Waals surface area (Å²) < 4.78 is 9.96. The molecule has 1 atom stereocenters. The molecule has 0 fully saturated rings. The highest BCUT2D eigenvalue weighted by molar-refractivity contribution is 5.80. The topological polar surface area (TPSA) is 50.8 Å². The quantitative estimate of drug-likeness (QED) is 0.437. The minimum atomic E-state index is -0.571. The number of nitrogens with zero attached hydrogens (tertiary/aromatic N) is 1. The van der Waals surface area contributed by atoms with Gasteiger partial charge in [0.15, 0.2) is 0 Å². The molecule has 0 amide bonds. The van der Waals surface area contributed by atoms with Gasteiger partial charge in [-0.2, -0.15) is 0 Å². The molecule has 5 nitrogen and oxygen atoms in total. The van der Waals surface area contributed by atoms with Crippen molar-refractivity contribution in [2.24, 2.45) is 0 Å². The first-order chi connectivity index (χ1) is 9.50. The highest BCUT2D eigenvalue weighted by atomic mass is 16.5. The van der Waals surface area contributed by atoms with Crippen LogP contribution in [0.3, 0.4) is 0 Å². The highest BCUT2D eigenvalue weighted by Gasteiger charge is 2.32. The Hall–Kier alpha value is -0.650. The van der Waals surface area contributed by atoms with Gasteiger partial charge >= 0.3 is 5.97 Å². The zero-order valence-corrected chi connectivity index (χ0v) is 13.8. The van der Waals surface area contributed by atoms with E-state index in [0.29, 0.717) is 0 Å². The minimum absolute atomic E-state index is 0.173. The fourth-order valence-electron chi connectivity index (χ4n) is 2.18. The van der Waals surface area contributed by atoms with Gasteiger partial charge in [0.2, 0.25) is 0 Å². The maximum atomic E-state index is 11.9. The maximum Gasteiger partial charge on any atom is 0.325 e. The smallest absolute Gasteiger partial charge is 0.325 e. The van der Waals surface area contributed by atoms with Gasteiger partial charge in [-0.3, -0.25) is 4.79 Å². The van der Waals surface area contributed by atoms with Crippen molar-refractivity contribution in [3.63, 3.8) is 0 Å². The van der Waals surface area contributed by atoms with Crippen molar-refractivity contribution in [2.75, 3.05) is 47.5 Å². The Labute approximate surface area is 124 Å². The van der Waals surface area contributed by atoms with Gasteiger partial charge in [-0.15, -0.1) is 0 Å². The lowest BCUT2D eigenvalue weighted by Gasteiger charge is -2.29. The molecule has 0 spiro atoms. The molecule has 120 valence electrons. The first-order valence-corrected chi connectivity index (χ1v) is 7.51. The van der Waals surface area contributed by atoms with Crippen LogP contribution in [-0.4, -0.2) is 63.9 Å². The van der Waals surface area contributed by atoms with Crippen molar-refractivity contribution in [1.29, 1.82) is 0 Å². The molecule has 0 aromatic heterocycles. The van der Waals surface area contributed by atoms with Gasteiger partial charge in [-0.25, -0.2) is 0 Å². The van der Waals surface area contributed by atoms with Crippen molar-refractivity contribution in [3.05, 3.63) is 0 Å². The molecular weight excluding hydrogens is 256 g/mol. The Morgan fingerprint density at radius 2 is 1.90 bits per heavy atom. The van der Waals surface area contributed by atoms with Crippen LogP contribution in [-0.2, 0) is 14.3 Å². The molecule has 0 bridgehead atoms. The average molecular weight is 288 g/mol. The van der Waals surface area contributed by atoms with Crippen LogP contribution in [0.2, 0.25) is 0 Å². The van der Waals surface area contributed by atoms with Crippen molar-refractivity contribution in [2.45, 2.75) is 45.1 Å². The van der Waals surface area contributed by atoms with Crippen molar-refractivity contribution in [3.8, 4) is 0 Å². The van der Waals surface area contributed by atoms with Gasteiger partial charge in [-0.1, -0.05) is 6.92 Å². The standard InChI is InChI=1S/C15H32N2O3/c1-6-10-16-15(2,14(18)20-5)9-7-11-17(3)12-8-13-19-4/h16H,6-13H2,1-5H3. The molecule has 0 aliphatic heterocycles. The number of hydrogen-bond donors (Lipinski definition) is 1. The van der Waals surface area contributed by atoms with Crippen LogP contribution in [0.1, 0.15) is 39.5 Å². The van der Waals surface area contributed by atoms with Crippen LogP contribution in [0.25, 0.3) is 0 Å². The molecule has 0 saturated heterocycles. The molecular formula is C15H32N2O3. The van der Waals surface area contributed by atoms with Crippen molar-refractivity contribution >= 4 is 5.97 Å². The molecule has 0 radical (unpaired) electrons. The van der Waals surface area contributed by atoms with E-state index in [2.05, 4.69) is 24.2 Å². The van der Waals surface area contributed by atoms with E-state index in [0.717, 1.165) is 51.9 Å². The summed E-state index contributed by atoms with van der Waals surface area (Å²) in [4.78, 5) is 14.2. The van der Waals surface area contributed by atoms with Crippen LogP contribution in [0, 0.1) is 0 Å². The Morgan fingerprint density at radius 3 is 2.45 bits per heavy atom. The summed E-state index contributed by atoms with van der Waals surface area (Å²) in [6, 6.07) is 0. The van der Waals surface area contributed by atoms with E-state index >= 15 is 0 Å². The highest BCUT2D eigenvalue weighted by Crippen LogP contribution is 2.15. The van der Waals surface area contributed by atoms with Crippen LogP contribution in [0.5, 0.6) is 0 Å². The maximum absolute atomic E-state index is 11.9. The zero-order chi connectivity index (χ0) is 15.4. The Kier molecular flexibility index (Phi) is 10.7.